The molecule has 1 heterocycles. The average Bonchev–Trinajstić information content (AvgIpc) is 2.74. The fourth-order valence-electron chi connectivity index (χ4n) is 3.27. The summed E-state index contributed by atoms with van der Waals surface area (Å²) in [6, 6.07) is 5.51. The predicted octanol–water partition coefficient (Wildman–Crippen LogP) is 3.33. The third-order valence-corrected chi connectivity index (χ3v) is 4.90. The molecule has 0 radical (unpaired) electrons. The summed E-state index contributed by atoms with van der Waals surface area (Å²) in [7, 11) is 1.37. The molecule has 3 rings (SSSR count). The Kier molecular flexibility index (Phi) is 6.59. The highest BCUT2D eigenvalue weighted by Gasteiger charge is 2.26. The van der Waals surface area contributed by atoms with Gasteiger partial charge in [-0.2, -0.15) is 5.10 Å². The normalized spacial score (nSPS) is 12.1. The van der Waals surface area contributed by atoms with Crippen molar-refractivity contribution in [2.45, 2.75) is 19.4 Å². The maximum Gasteiger partial charge on any atom is 0.322 e. The Morgan fingerprint density at radius 3 is 2.39 bits per heavy atom. The molecule has 2 N–H and O–H groups in total. The van der Waals surface area contributed by atoms with Gasteiger partial charge < -0.3 is 15.3 Å². The van der Waals surface area contributed by atoms with Gasteiger partial charge in [0.25, 0.3) is 5.56 Å². The number of hydrogen-bond acceptors (Lipinski definition) is 4. The molecule has 164 valence electrons. The standard InChI is InChI=1S/C21H21F3N4O3/c1-12(19-15-10-17(23)18(24)11-16(15)20(30)27(2)26-19)28(8-3-9-29)21(31)25-14-6-4-13(22)5-7-14/h4-7,10-12,29H,3,8-9H2,1-2H3,(H,25,31)/t12-/m0/s1. The number of aliphatic hydroxyl groups excluding tert-OH is 1. The fourth-order valence-corrected chi connectivity index (χ4v) is 3.27. The van der Waals surface area contributed by atoms with E-state index in [4.69, 9.17) is 0 Å². The number of fused-ring (bicyclic) bond motifs is 1. The van der Waals surface area contributed by atoms with Gasteiger partial charge in [0.15, 0.2) is 11.6 Å². The lowest BCUT2D eigenvalue weighted by Gasteiger charge is -2.29. The van der Waals surface area contributed by atoms with Crippen molar-refractivity contribution in [3.05, 3.63) is 69.9 Å². The Bertz CT molecular complexity index is 1170. The molecule has 3 aromatic rings. The molecule has 0 saturated carbocycles. The number of hydrogen-bond donors (Lipinski definition) is 2. The Hall–Kier alpha value is -3.40. The largest absolute Gasteiger partial charge is 0.396 e. The maximum atomic E-state index is 13.9. The van der Waals surface area contributed by atoms with E-state index in [9.17, 15) is 27.9 Å². The van der Waals surface area contributed by atoms with Crippen LogP contribution in [0.15, 0.2) is 41.2 Å². The van der Waals surface area contributed by atoms with Gasteiger partial charge in [-0.3, -0.25) is 4.79 Å². The molecule has 0 aliphatic carbocycles. The van der Waals surface area contributed by atoms with Crippen molar-refractivity contribution in [2.24, 2.45) is 7.05 Å². The molecule has 0 aliphatic rings. The number of urea groups is 1. The van der Waals surface area contributed by atoms with Crippen LogP contribution in [0.1, 0.15) is 25.1 Å². The minimum Gasteiger partial charge on any atom is -0.396 e. The van der Waals surface area contributed by atoms with Crippen molar-refractivity contribution in [3.8, 4) is 0 Å². The summed E-state index contributed by atoms with van der Waals surface area (Å²) in [5, 5.41) is 16.1. The third kappa shape index (κ3) is 4.69. The van der Waals surface area contributed by atoms with Crippen molar-refractivity contribution in [1.29, 1.82) is 0 Å². The van der Waals surface area contributed by atoms with E-state index in [1.54, 1.807) is 6.92 Å². The molecule has 0 aliphatic heterocycles. The lowest BCUT2D eigenvalue weighted by Crippen LogP contribution is -2.39. The van der Waals surface area contributed by atoms with Gasteiger partial charge in [0.05, 0.1) is 17.1 Å². The molecule has 2 amide bonds. The number of aryl methyl sites for hydroxylation is 1. The summed E-state index contributed by atoms with van der Waals surface area (Å²) in [6.07, 6.45) is 0.244. The molecule has 7 nitrogen and oxygen atoms in total. The molecule has 1 atom stereocenters. The highest BCUT2D eigenvalue weighted by molar-refractivity contribution is 5.90. The summed E-state index contributed by atoms with van der Waals surface area (Å²) in [5.74, 6) is -2.77. The van der Waals surface area contributed by atoms with Gasteiger partial charge in [-0.15, -0.1) is 0 Å². The zero-order valence-electron chi connectivity index (χ0n) is 16.9. The van der Waals surface area contributed by atoms with Crippen LogP contribution in [0.4, 0.5) is 23.7 Å². The molecule has 0 saturated heterocycles. The van der Waals surface area contributed by atoms with Crippen LogP contribution in [0.3, 0.4) is 0 Å². The van der Waals surface area contributed by atoms with Crippen LogP contribution >= 0.6 is 0 Å². The number of aliphatic hydroxyl groups is 1. The van der Waals surface area contributed by atoms with E-state index < -0.39 is 35.1 Å². The SMILES string of the molecule is C[C@@H](c1nn(C)c(=O)c2cc(F)c(F)cc12)N(CCCO)C(=O)Nc1ccc(F)cc1. The van der Waals surface area contributed by atoms with Gasteiger partial charge in [-0.1, -0.05) is 0 Å². The summed E-state index contributed by atoms with van der Waals surface area (Å²) < 4.78 is 41.8. The number of halogens is 3. The minimum absolute atomic E-state index is 0.0701. The monoisotopic (exact) mass is 434 g/mol. The van der Waals surface area contributed by atoms with Crippen molar-refractivity contribution in [3.63, 3.8) is 0 Å². The van der Waals surface area contributed by atoms with Gasteiger partial charge in [0.1, 0.15) is 5.82 Å². The number of nitrogens with zero attached hydrogens (tertiary/aromatic N) is 3. The first kappa shape index (κ1) is 22.3. The van der Waals surface area contributed by atoms with Crippen molar-refractivity contribution < 1.29 is 23.1 Å². The number of anilines is 1. The van der Waals surface area contributed by atoms with Crippen LogP contribution in [-0.2, 0) is 7.05 Å². The van der Waals surface area contributed by atoms with Crippen LogP contribution in [-0.4, -0.2) is 39.0 Å². The number of benzene rings is 2. The van der Waals surface area contributed by atoms with Crippen LogP contribution in [0.5, 0.6) is 0 Å². The molecule has 0 unspecified atom stereocenters. The van der Waals surface area contributed by atoms with E-state index in [-0.39, 0.29) is 36.0 Å². The van der Waals surface area contributed by atoms with Gasteiger partial charge in [-0.05, 0) is 49.7 Å². The number of amides is 2. The molecule has 31 heavy (non-hydrogen) atoms. The van der Waals surface area contributed by atoms with E-state index in [1.807, 2.05) is 0 Å². The summed E-state index contributed by atoms with van der Waals surface area (Å²) in [6.45, 7) is 1.55. The second kappa shape index (κ2) is 9.17. The Morgan fingerprint density at radius 2 is 1.77 bits per heavy atom. The van der Waals surface area contributed by atoms with E-state index in [1.165, 1.54) is 36.2 Å². The second-order valence-corrected chi connectivity index (χ2v) is 7.01. The smallest absolute Gasteiger partial charge is 0.322 e. The quantitative estimate of drug-likeness (QED) is 0.623. The summed E-state index contributed by atoms with van der Waals surface area (Å²) >= 11 is 0. The van der Waals surface area contributed by atoms with Gasteiger partial charge in [0, 0.05) is 31.3 Å². The van der Waals surface area contributed by atoms with Crippen LogP contribution in [0.2, 0.25) is 0 Å². The number of aromatic nitrogens is 2. The Morgan fingerprint density at radius 1 is 1.16 bits per heavy atom. The molecule has 1 aromatic heterocycles. The Labute approximate surface area is 175 Å². The van der Waals surface area contributed by atoms with Crippen molar-refractivity contribution in [2.75, 3.05) is 18.5 Å². The van der Waals surface area contributed by atoms with Crippen LogP contribution in [0.25, 0.3) is 10.8 Å². The van der Waals surface area contributed by atoms with Gasteiger partial charge in [-0.25, -0.2) is 22.6 Å². The van der Waals surface area contributed by atoms with Gasteiger partial charge >= 0.3 is 6.03 Å². The second-order valence-electron chi connectivity index (χ2n) is 7.01. The Balaban J connectivity index is 2.04. The van der Waals surface area contributed by atoms with Crippen LogP contribution < -0.4 is 10.9 Å². The molecular formula is C21H21F3N4O3. The third-order valence-electron chi connectivity index (χ3n) is 4.90. The molecule has 10 heteroatoms. The zero-order chi connectivity index (χ0) is 22.7. The number of rotatable bonds is 6. The highest BCUT2D eigenvalue weighted by Crippen LogP contribution is 2.27. The lowest BCUT2D eigenvalue weighted by molar-refractivity contribution is 0.181. The average molecular weight is 434 g/mol. The molecule has 0 fully saturated rings. The highest BCUT2D eigenvalue weighted by atomic mass is 19.2. The van der Waals surface area contributed by atoms with Crippen LogP contribution in [0, 0.1) is 17.5 Å². The van der Waals surface area contributed by atoms with Crippen molar-refractivity contribution >= 4 is 22.5 Å². The predicted molar refractivity (Wildman–Crippen MR) is 109 cm³/mol. The fraction of sp³-hybridized carbons (Fsp3) is 0.286. The topological polar surface area (TPSA) is 87.5 Å². The van der Waals surface area contributed by atoms with E-state index in [0.29, 0.717) is 5.69 Å². The maximum absolute atomic E-state index is 13.9. The molecule has 2 aromatic carbocycles. The summed E-state index contributed by atoms with van der Waals surface area (Å²) in [4.78, 5) is 26.6. The van der Waals surface area contributed by atoms with E-state index >= 15 is 0 Å². The first-order valence-electron chi connectivity index (χ1n) is 9.53. The lowest BCUT2D eigenvalue weighted by atomic mass is 10.0. The minimum atomic E-state index is -1.17. The number of carbonyl (C=O) groups is 1. The molecular weight excluding hydrogens is 413 g/mol. The molecule has 0 spiro atoms. The first-order chi connectivity index (χ1) is 14.7. The van der Waals surface area contributed by atoms with Crippen molar-refractivity contribution in [1.82, 2.24) is 14.7 Å². The number of carbonyl (C=O) groups excluding carboxylic acids is 1. The summed E-state index contributed by atoms with van der Waals surface area (Å²) in [5.41, 5.74) is -0.0790. The zero-order valence-corrected chi connectivity index (χ0v) is 16.9. The van der Waals surface area contributed by atoms with Gasteiger partial charge in [0.2, 0.25) is 0 Å². The molecule has 0 bridgehead atoms. The first-order valence-corrected chi connectivity index (χ1v) is 9.53. The number of nitrogens with one attached hydrogen (secondary N) is 1. The van der Waals surface area contributed by atoms with E-state index in [2.05, 4.69) is 10.4 Å². The van der Waals surface area contributed by atoms with E-state index in [0.717, 1.165) is 16.8 Å².